The highest BCUT2D eigenvalue weighted by Crippen LogP contribution is 2.42. The van der Waals surface area contributed by atoms with Gasteiger partial charge in [0.15, 0.2) is 0 Å². The first-order chi connectivity index (χ1) is 9.63. The molecule has 0 fully saturated rings. The molecule has 2 aromatic rings. The van der Waals surface area contributed by atoms with Crippen LogP contribution in [0.25, 0.3) is 0 Å². The summed E-state index contributed by atoms with van der Waals surface area (Å²) in [5.41, 5.74) is 9.71. The predicted octanol–water partition coefficient (Wildman–Crippen LogP) is 4.92. The van der Waals surface area contributed by atoms with E-state index in [1.807, 2.05) is 18.2 Å². The molecule has 0 saturated heterocycles. The Balaban J connectivity index is 2.22. The maximum atomic E-state index is 6.82. The fourth-order valence-corrected chi connectivity index (χ4v) is 3.62. The molecule has 1 nitrogen and oxygen atoms in total. The Morgan fingerprint density at radius 3 is 2.50 bits per heavy atom. The highest BCUT2D eigenvalue weighted by atomic mass is 35.5. The van der Waals surface area contributed by atoms with Crippen molar-refractivity contribution < 1.29 is 0 Å². The molecule has 104 valence electrons. The van der Waals surface area contributed by atoms with Crippen LogP contribution in [0, 0.1) is 0 Å². The molecular weight excluding hydrogens is 289 g/mol. The third kappa shape index (κ3) is 2.24. The largest absolute Gasteiger partial charge is 0.318 e. The minimum Gasteiger partial charge on any atom is -0.318 e. The molecule has 0 bridgehead atoms. The highest BCUT2D eigenvalue weighted by molar-refractivity contribution is 6.42. The zero-order valence-electron chi connectivity index (χ0n) is 11.2. The van der Waals surface area contributed by atoms with Gasteiger partial charge in [-0.05, 0) is 42.0 Å². The molecule has 1 aliphatic rings. The molecule has 0 aromatic heterocycles. The number of nitrogens with two attached hydrogens (primary N) is 1. The van der Waals surface area contributed by atoms with Gasteiger partial charge in [-0.2, -0.15) is 0 Å². The van der Waals surface area contributed by atoms with Crippen molar-refractivity contribution in [1.29, 1.82) is 0 Å². The Morgan fingerprint density at radius 2 is 1.65 bits per heavy atom. The Labute approximate surface area is 129 Å². The van der Waals surface area contributed by atoms with Crippen molar-refractivity contribution in [2.45, 2.75) is 31.2 Å². The summed E-state index contributed by atoms with van der Waals surface area (Å²) in [6.45, 7) is 0. The fourth-order valence-electron chi connectivity index (χ4n) is 3.16. The summed E-state index contributed by atoms with van der Waals surface area (Å²) in [6, 6.07) is 14.1. The summed E-state index contributed by atoms with van der Waals surface area (Å²) in [7, 11) is 0. The number of halogens is 2. The van der Waals surface area contributed by atoms with Crippen LogP contribution in [0.2, 0.25) is 10.0 Å². The third-order valence-corrected chi connectivity index (χ3v) is 5.02. The van der Waals surface area contributed by atoms with Crippen molar-refractivity contribution >= 4 is 23.2 Å². The van der Waals surface area contributed by atoms with Gasteiger partial charge in [0.1, 0.15) is 0 Å². The van der Waals surface area contributed by atoms with Gasteiger partial charge < -0.3 is 5.73 Å². The molecule has 0 aliphatic heterocycles. The maximum absolute atomic E-state index is 6.82. The van der Waals surface area contributed by atoms with Gasteiger partial charge in [0.05, 0.1) is 15.6 Å². The second kappa shape index (κ2) is 5.40. The van der Waals surface area contributed by atoms with E-state index >= 15 is 0 Å². The van der Waals surface area contributed by atoms with Crippen LogP contribution in [-0.4, -0.2) is 0 Å². The lowest BCUT2D eigenvalue weighted by molar-refractivity contribution is 0.480. The van der Waals surface area contributed by atoms with E-state index in [0.717, 1.165) is 31.2 Å². The molecule has 2 aromatic carbocycles. The summed E-state index contributed by atoms with van der Waals surface area (Å²) in [6.07, 6.45) is 4.22. The van der Waals surface area contributed by atoms with Crippen molar-refractivity contribution in [1.82, 2.24) is 0 Å². The van der Waals surface area contributed by atoms with E-state index in [9.17, 15) is 0 Å². The molecule has 1 aliphatic carbocycles. The van der Waals surface area contributed by atoms with Gasteiger partial charge in [-0.15, -0.1) is 0 Å². The Kier molecular flexibility index (Phi) is 3.76. The molecule has 0 spiro atoms. The molecule has 1 atom stereocenters. The second-order valence-corrected chi connectivity index (χ2v) is 6.22. The average Bonchev–Trinajstić information content (AvgIpc) is 2.63. The summed E-state index contributed by atoms with van der Waals surface area (Å²) >= 11 is 12.6. The molecule has 0 radical (unpaired) electrons. The van der Waals surface area contributed by atoms with E-state index in [2.05, 4.69) is 18.2 Å². The fraction of sp³-hybridized carbons (Fsp3) is 0.294. The summed E-state index contributed by atoms with van der Waals surface area (Å²) in [5.74, 6) is 0. The number of hydrogen-bond acceptors (Lipinski definition) is 1. The molecule has 0 amide bonds. The zero-order valence-corrected chi connectivity index (χ0v) is 12.7. The second-order valence-electron chi connectivity index (χ2n) is 5.44. The van der Waals surface area contributed by atoms with Crippen LogP contribution < -0.4 is 5.73 Å². The lowest BCUT2D eigenvalue weighted by Gasteiger charge is -2.32. The Hall–Kier alpha value is -1.02. The van der Waals surface area contributed by atoms with E-state index in [0.29, 0.717) is 10.0 Å². The smallest absolute Gasteiger partial charge is 0.0683 e. The maximum Gasteiger partial charge on any atom is 0.0683 e. The van der Waals surface area contributed by atoms with Crippen LogP contribution in [0.3, 0.4) is 0 Å². The van der Waals surface area contributed by atoms with E-state index in [1.54, 1.807) is 6.07 Å². The number of benzene rings is 2. The first-order valence-corrected chi connectivity index (χ1v) is 7.70. The standard InChI is InChI=1S/C17H17Cl2N/c18-15-10-5-9-14(16(15)19)17(20)11-4-3-7-12-6-1-2-8-13(12)17/h1-2,5-6,8-10H,3-4,7,11,20H2. The molecular formula is C17H17Cl2N. The molecule has 20 heavy (non-hydrogen) atoms. The molecule has 0 saturated carbocycles. The monoisotopic (exact) mass is 305 g/mol. The third-order valence-electron chi connectivity index (χ3n) is 4.20. The topological polar surface area (TPSA) is 26.0 Å². The molecule has 2 N–H and O–H groups in total. The summed E-state index contributed by atoms with van der Waals surface area (Å²) < 4.78 is 0. The zero-order chi connectivity index (χ0) is 14.2. The van der Waals surface area contributed by atoms with Crippen LogP contribution >= 0.6 is 23.2 Å². The Bertz CT molecular complexity index is 639. The van der Waals surface area contributed by atoms with Crippen LogP contribution in [0.15, 0.2) is 42.5 Å². The molecule has 3 rings (SSSR count). The first kappa shape index (κ1) is 13.9. The van der Waals surface area contributed by atoms with E-state index in [4.69, 9.17) is 28.9 Å². The van der Waals surface area contributed by atoms with E-state index in [-0.39, 0.29) is 0 Å². The number of rotatable bonds is 1. The van der Waals surface area contributed by atoms with Gasteiger partial charge in [0.2, 0.25) is 0 Å². The lowest BCUT2D eigenvalue weighted by Crippen LogP contribution is -2.38. The molecule has 3 heteroatoms. The molecule has 1 unspecified atom stereocenters. The first-order valence-electron chi connectivity index (χ1n) is 6.95. The van der Waals surface area contributed by atoms with Gasteiger partial charge in [-0.25, -0.2) is 0 Å². The normalized spacial score (nSPS) is 22.1. The minimum absolute atomic E-state index is 0.547. The van der Waals surface area contributed by atoms with Gasteiger partial charge in [0.25, 0.3) is 0 Å². The average molecular weight is 306 g/mol. The van der Waals surface area contributed by atoms with E-state index in [1.165, 1.54) is 11.1 Å². The van der Waals surface area contributed by atoms with Crippen molar-refractivity contribution in [2.24, 2.45) is 5.73 Å². The van der Waals surface area contributed by atoms with Gasteiger partial charge >= 0.3 is 0 Å². The highest BCUT2D eigenvalue weighted by Gasteiger charge is 2.34. The summed E-state index contributed by atoms with van der Waals surface area (Å²) in [4.78, 5) is 0. The van der Waals surface area contributed by atoms with Crippen LogP contribution in [0.1, 0.15) is 36.0 Å². The van der Waals surface area contributed by atoms with Crippen molar-refractivity contribution in [2.75, 3.05) is 0 Å². The van der Waals surface area contributed by atoms with Crippen LogP contribution in [0.5, 0.6) is 0 Å². The SMILES string of the molecule is NC1(c2cccc(Cl)c2Cl)CCCCc2ccccc21. The predicted molar refractivity (Wildman–Crippen MR) is 85.4 cm³/mol. The molecule has 0 heterocycles. The van der Waals surface area contributed by atoms with Crippen molar-refractivity contribution in [3.63, 3.8) is 0 Å². The van der Waals surface area contributed by atoms with Crippen molar-refractivity contribution in [3.8, 4) is 0 Å². The van der Waals surface area contributed by atoms with Gasteiger partial charge in [0, 0.05) is 0 Å². The lowest BCUT2D eigenvalue weighted by atomic mass is 9.79. The van der Waals surface area contributed by atoms with Crippen molar-refractivity contribution in [3.05, 3.63) is 69.2 Å². The van der Waals surface area contributed by atoms with E-state index < -0.39 is 5.54 Å². The number of fused-ring (bicyclic) bond motifs is 1. The summed E-state index contributed by atoms with van der Waals surface area (Å²) in [5, 5.41) is 1.14. The van der Waals surface area contributed by atoms with Gasteiger partial charge in [-0.3, -0.25) is 0 Å². The van der Waals surface area contributed by atoms with Gasteiger partial charge in [-0.1, -0.05) is 66.0 Å². The van der Waals surface area contributed by atoms with Crippen LogP contribution in [0.4, 0.5) is 0 Å². The Morgan fingerprint density at radius 1 is 0.900 bits per heavy atom. The minimum atomic E-state index is -0.547. The quantitative estimate of drug-likeness (QED) is 0.743. The number of hydrogen-bond donors (Lipinski definition) is 1. The number of aryl methyl sites for hydroxylation is 1. The van der Waals surface area contributed by atoms with Crippen LogP contribution in [-0.2, 0) is 12.0 Å².